The maximum absolute atomic E-state index is 14.9. The minimum absolute atomic E-state index is 0.00744. The number of carbonyl (C=O) groups is 2. The van der Waals surface area contributed by atoms with Gasteiger partial charge in [-0.1, -0.05) is 83.0 Å². The van der Waals surface area contributed by atoms with E-state index in [4.69, 9.17) is 15.5 Å². The molecule has 5 aliphatic carbocycles. The third-order valence-electron chi connectivity index (χ3n) is 17.9. The van der Waals surface area contributed by atoms with Crippen LogP contribution in [0.1, 0.15) is 181 Å². The lowest BCUT2D eigenvalue weighted by molar-refractivity contribution is -0.133. The van der Waals surface area contributed by atoms with E-state index in [0.29, 0.717) is 42.9 Å². The fourth-order valence-electron chi connectivity index (χ4n) is 14.5. The summed E-state index contributed by atoms with van der Waals surface area (Å²) < 4.78 is 6.09. The van der Waals surface area contributed by atoms with E-state index >= 15 is 0 Å². The first kappa shape index (κ1) is 48.9. The fourth-order valence-corrected chi connectivity index (χ4v) is 14.5. The van der Waals surface area contributed by atoms with Crippen molar-refractivity contribution in [1.82, 2.24) is 5.32 Å². The van der Waals surface area contributed by atoms with Crippen molar-refractivity contribution in [2.45, 2.75) is 206 Å². The summed E-state index contributed by atoms with van der Waals surface area (Å²) in [5.74, 6) is 12.3. The first-order valence-electron chi connectivity index (χ1n) is 26.6. The Kier molecular flexibility index (Phi) is 18.3. The number of hydrogen-bond acceptors (Lipinski definition) is 8. The molecule has 2 aliphatic heterocycles. The van der Waals surface area contributed by atoms with Gasteiger partial charge in [0.2, 0.25) is 0 Å². The molecule has 9 unspecified atom stereocenters. The molecular weight excluding hydrogens is 783 g/mol. The molecule has 5 fully saturated rings. The van der Waals surface area contributed by atoms with Crippen LogP contribution >= 0.6 is 0 Å². The number of carbonyl (C=O) groups excluding carboxylic acids is 2. The number of piperidine rings is 1. The van der Waals surface area contributed by atoms with Gasteiger partial charge >= 0.3 is 0 Å². The standard InChI is InChI=1S/C55H88N3O5/c1-5-12-46(50(60)32-44-29-43(34-58-44)35(2)3)42-27-38(25-37-23-24-57-53(56)28-37)26-40-19-22-47(39-15-10-7-11-16-39)54-41(18-20-45(59)33-51(61)49(40)30-42)31-52(63-4)55(62)48(54)21-17-36-13-8-6-9-14-36/h29,34-42,46-50,52-55,57,60,62H,5-18,20-21,23-28,30-33,56H2,1-4H3/q+1/t37?,38-,40+,41?,42?,46+,47?,48?,49-,50-,52?,53?,54?,55?/m1/s1. The zero-order chi connectivity index (χ0) is 44.5. The van der Waals surface area contributed by atoms with Gasteiger partial charge in [0.25, 0.3) is 0 Å². The second-order valence-electron chi connectivity index (χ2n) is 22.5. The predicted octanol–water partition coefficient (Wildman–Crippen LogP) is 10.2. The van der Waals surface area contributed by atoms with Crippen molar-refractivity contribution in [2.24, 2.45) is 87.7 Å². The summed E-state index contributed by atoms with van der Waals surface area (Å²) in [6.07, 6.45) is 27.4. The van der Waals surface area contributed by atoms with Gasteiger partial charge in [-0.3, -0.25) is 9.59 Å². The van der Waals surface area contributed by atoms with E-state index in [0.717, 1.165) is 88.8 Å². The molecule has 7 aliphatic rings. The molecule has 8 heteroatoms. The van der Waals surface area contributed by atoms with Crippen LogP contribution in [0.3, 0.4) is 0 Å². The van der Waals surface area contributed by atoms with Crippen LogP contribution in [-0.4, -0.2) is 66.1 Å². The molecule has 5 N–H and O–H groups in total. The first-order valence-corrected chi connectivity index (χ1v) is 26.6. The smallest absolute Gasteiger partial charge is 0.177 e. The molecule has 4 saturated carbocycles. The van der Waals surface area contributed by atoms with Gasteiger partial charge in [0.1, 0.15) is 29.8 Å². The third kappa shape index (κ3) is 12.9. The highest BCUT2D eigenvalue weighted by Crippen LogP contribution is 2.51. The predicted molar refractivity (Wildman–Crippen MR) is 254 cm³/mol. The third-order valence-corrected chi connectivity index (χ3v) is 17.9. The molecule has 63 heavy (non-hydrogen) atoms. The van der Waals surface area contributed by atoms with E-state index < -0.39 is 12.2 Å². The molecule has 0 bridgehead atoms. The van der Waals surface area contributed by atoms with Crippen molar-refractivity contribution in [3.05, 3.63) is 17.7 Å². The van der Waals surface area contributed by atoms with Crippen LogP contribution in [-0.2, 0) is 14.3 Å². The zero-order valence-electron chi connectivity index (χ0n) is 40.0. The van der Waals surface area contributed by atoms with E-state index in [2.05, 4.69) is 44.0 Å². The molecule has 1 saturated heterocycles. The number of nitrogens with two attached hydrogens (primary N) is 1. The van der Waals surface area contributed by atoms with Crippen LogP contribution in [0.25, 0.3) is 0 Å². The van der Waals surface area contributed by atoms with Crippen LogP contribution < -0.4 is 11.1 Å². The second-order valence-corrected chi connectivity index (χ2v) is 22.5. The molecule has 0 amide bonds. The Balaban J connectivity index is 1.26. The highest BCUT2D eigenvalue weighted by atomic mass is 16.5. The van der Waals surface area contributed by atoms with Crippen LogP contribution in [0.2, 0.25) is 0 Å². The minimum Gasteiger partial charge on any atom is -0.391 e. The van der Waals surface area contributed by atoms with Gasteiger partial charge in [0, 0.05) is 37.2 Å². The number of fused-ring (bicyclic) bond motifs is 2. The summed E-state index contributed by atoms with van der Waals surface area (Å²) >= 11 is 0. The lowest BCUT2D eigenvalue weighted by Crippen LogP contribution is -2.51. The SMILES string of the molecule is CCC[C@@H](C1C[C@H](CC2CCNC(N)C2)C[C@@H]2C#CC(C3CCCCC3)C3C(CCC(=O)CC(=O)[C@@H]2C1)CC(OC)C(O)C3CCC1CCCCC1)[C@H](O)CC1=C[C+](C(C)C)C=N1. The van der Waals surface area contributed by atoms with Gasteiger partial charge in [-0.15, -0.1) is 4.99 Å². The number of aliphatic hydroxyl groups excluding tert-OH is 2. The van der Waals surface area contributed by atoms with Crippen LogP contribution in [0.5, 0.6) is 0 Å². The number of rotatable bonds is 14. The Morgan fingerprint density at radius 3 is 2.37 bits per heavy atom. The summed E-state index contributed by atoms with van der Waals surface area (Å²) in [4.78, 5) is 33.8. The number of allylic oxidation sites excluding steroid dienone is 1. The van der Waals surface area contributed by atoms with Crippen molar-refractivity contribution >= 4 is 17.8 Å². The van der Waals surface area contributed by atoms with Crippen molar-refractivity contribution in [2.75, 3.05) is 13.7 Å². The Morgan fingerprint density at radius 2 is 1.67 bits per heavy atom. The highest BCUT2D eigenvalue weighted by Gasteiger charge is 2.49. The number of aliphatic hydroxyl groups is 2. The molecule has 0 spiro atoms. The molecular formula is C55H88N3O5+. The monoisotopic (exact) mass is 871 g/mol. The Morgan fingerprint density at radius 1 is 0.905 bits per heavy atom. The highest BCUT2D eigenvalue weighted by molar-refractivity contribution is 6.00. The Bertz CT molecular complexity index is 1590. The number of Topliss-reactive ketones (excluding diaryl/α,β-unsaturated/α-hetero) is 2. The van der Waals surface area contributed by atoms with Gasteiger partial charge in [-0.05, 0) is 151 Å². The van der Waals surface area contributed by atoms with Gasteiger partial charge in [-0.2, -0.15) is 0 Å². The van der Waals surface area contributed by atoms with Crippen LogP contribution in [0, 0.1) is 94.7 Å². The average Bonchev–Trinajstić information content (AvgIpc) is 3.67. The molecule has 8 nitrogen and oxygen atoms in total. The fraction of sp³-hybridized carbons (Fsp3) is 0.855. The van der Waals surface area contributed by atoms with E-state index in [9.17, 15) is 19.8 Å². The number of methoxy groups -OCH3 is 1. The van der Waals surface area contributed by atoms with Gasteiger partial charge in [-0.25, -0.2) is 0 Å². The summed E-state index contributed by atoms with van der Waals surface area (Å²) in [7, 11) is 1.75. The van der Waals surface area contributed by atoms with E-state index in [-0.39, 0.29) is 77.6 Å². The number of nitrogens with one attached hydrogen (secondary N) is 1. The zero-order valence-corrected chi connectivity index (χ0v) is 40.0. The van der Waals surface area contributed by atoms with Crippen LogP contribution in [0.15, 0.2) is 16.8 Å². The van der Waals surface area contributed by atoms with Crippen molar-refractivity contribution in [3.8, 4) is 11.8 Å². The van der Waals surface area contributed by atoms with E-state index in [1.54, 1.807) is 7.11 Å². The molecule has 352 valence electrons. The molecule has 2 heterocycles. The molecule has 0 radical (unpaired) electrons. The molecule has 0 aromatic heterocycles. The van der Waals surface area contributed by atoms with Crippen LogP contribution in [0.4, 0.5) is 0 Å². The maximum atomic E-state index is 14.9. The van der Waals surface area contributed by atoms with Crippen molar-refractivity contribution in [1.29, 1.82) is 0 Å². The van der Waals surface area contributed by atoms with Gasteiger partial charge in [0.15, 0.2) is 5.70 Å². The van der Waals surface area contributed by atoms with Gasteiger partial charge in [0.05, 0.1) is 37.3 Å². The number of ether oxygens (including phenoxy) is 1. The average molecular weight is 871 g/mol. The summed E-state index contributed by atoms with van der Waals surface area (Å²) in [6, 6.07) is 0. The topological polar surface area (TPSA) is 134 Å². The molecule has 14 atom stereocenters. The second kappa shape index (κ2) is 23.6. The Labute approximate surface area is 383 Å². The quantitative estimate of drug-likeness (QED) is 0.0776. The van der Waals surface area contributed by atoms with E-state index in [1.165, 1.54) is 70.1 Å². The van der Waals surface area contributed by atoms with Crippen molar-refractivity contribution in [3.63, 3.8) is 0 Å². The maximum Gasteiger partial charge on any atom is 0.177 e. The molecule has 0 aromatic carbocycles. The Hall–Kier alpha value is -2.02. The summed E-state index contributed by atoms with van der Waals surface area (Å²) in [5, 5.41) is 28.0. The van der Waals surface area contributed by atoms with Gasteiger partial charge < -0.3 is 26.0 Å². The summed E-state index contributed by atoms with van der Waals surface area (Å²) in [5.41, 5.74) is 7.46. The molecule has 0 aromatic rings. The number of hydrogen-bond donors (Lipinski definition) is 4. The first-order chi connectivity index (χ1) is 30.5. The number of ketones is 2. The lowest BCUT2D eigenvalue weighted by Gasteiger charge is -2.49. The number of aliphatic imine (C=N–C) groups is 1. The lowest BCUT2D eigenvalue weighted by atomic mass is 9.57. The van der Waals surface area contributed by atoms with E-state index in [1.807, 2.05) is 6.21 Å². The normalized spacial score (nSPS) is 37.5. The number of nitrogens with zero attached hydrogens (tertiary/aromatic N) is 1. The summed E-state index contributed by atoms with van der Waals surface area (Å²) in [6.45, 7) is 7.51. The van der Waals surface area contributed by atoms with Crippen molar-refractivity contribution < 1.29 is 24.5 Å². The minimum atomic E-state index is -0.560. The molecule has 7 rings (SSSR count). The largest absolute Gasteiger partial charge is 0.391 e.